The molecule has 1 aliphatic rings. The van der Waals surface area contributed by atoms with Crippen molar-refractivity contribution >= 4 is 22.4 Å². The lowest BCUT2D eigenvalue weighted by atomic mass is 10.5. The molecule has 1 aromatic rings. The molecule has 1 fully saturated rings. The monoisotopic (exact) mass is 241 g/mol. The lowest BCUT2D eigenvalue weighted by Crippen LogP contribution is -2.26. The van der Waals surface area contributed by atoms with E-state index in [4.69, 9.17) is 5.11 Å². The Morgan fingerprint density at radius 2 is 2.50 bits per heavy atom. The van der Waals surface area contributed by atoms with Crippen LogP contribution < -0.4 is 5.32 Å². The molecule has 1 heterocycles. The number of carboxylic acid groups (broad SMARTS) is 1. The van der Waals surface area contributed by atoms with Gasteiger partial charge < -0.3 is 15.3 Å². The molecule has 0 aliphatic heterocycles. The number of aromatic carboxylic acids is 1. The van der Waals surface area contributed by atoms with Gasteiger partial charge >= 0.3 is 5.97 Å². The molecule has 1 aliphatic carbocycles. The van der Waals surface area contributed by atoms with E-state index in [1.165, 1.54) is 30.4 Å². The van der Waals surface area contributed by atoms with Crippen LogP contribution in [0.1, 0.15) is 22.5 Å². The Labute approximate surface area is 98.1 Å². The number of hydrogen-bond donors (Lipinski definition) is 2. The molecule has 0 radical (unpaired) electrons. The predicted molar refractivity (Wildman–Crippen MR) is 63.2 cm³/mol. The number of rotatable bonds is 6. The predicted octanol–water partition coefficient (Wildman–Crippen LogP) is 1.35. The number of carboxylic acids is 1. The molecule has 1 saturated carbocycles. The summed E-state index contributed by atoms with van der Waals surface area (Å²) >= 11 is 1.18. The van der Waals surface area contributed by atoms with Crippen molar-refractivity contribution in [1.29, 1.82) is 0 Å². The highest BCUT2D eigenvalue weighted by atomic mass is 32.1. The Balaban J connectivity index is 1.73. The van der Waals surface area contributed by atoms with Crippen LogP contribution in [-0.4, -0.2) is 47.1 Å². The zero-order valence-corrected chi connectivity index (χ0v) is 9.96. The van der Waals surface area contributed by atoms with Crippen LogP contribution in [0.15, 0.2) is 6.20 Å². The second-order valence-electron chi connectivity index (χ2n) is 3.97. The zero-order valence-electron chi connectivity index (χ0n) is 9.14. The normalized spacial score (nSPS) is 15.4. The maximum absolute atomic E-state index is 10.6. The molecule has 2 N–H and O–H groups in total. The Morgan fingerprint density at radius 1 is 1.75 bits per heavy atom. The summed E-state index contributed by atoms with van der Waals surface area (Å²) in [5.41, 5.74) is 0. The van der Waals surface area contributed by atoms with Gasteiger partial charge in [-0.05, 0) is 19.9 Å². The summed E-state index contributed by atoms with van der Waals surface area (Å²) in [5.74, 6) is -0.916. The minimum absolute atomic E-state index is 0.276. The second kappa shape index (κ2) is 4.80. The van der Waals surface area contributed by atoms with Crippen molar-refractivity contribution in [3.05, 3.63) is 11.1 Å². The van der Waals surface area contributed by atoms with Gasteiger partial charge in [0.05, 0.1) is 6.20 Å². The van der Waals surface area contributed by atoms with Gasteiger partial charge in [0, 0.05) is 19.1 Å². The number of likely N-dealkylation sites (N-methyl/N-ethyl adjacent to an activating group) is 1. The van der Waals surface area contributed by atoms with Crippen LogP contribution in [0.3, 0.4) is 0 Å². The summed E-state index contributed by atoms with van der Waals surface area (Å²) < 4.78 is 0. The van der Waals surface area contributed by atoms with Crippen molar-refractivity contribution in [3.8, 4) is 0 Å². The van der Waals surface area contributed by atoms with Gasteiger partial charge in [-0.15, -0.1) is 0 Å². The van der Waals surface area contributed by atoms with Crippen LogP contribution in [0.4, 0.5) is 5.13 Å². The van der Waals surface area contributed by atoms with Gasteiger partial charge in [-0.2, -0.15) is 0 Å². The quantitative estimate of drug-likeness (QED) is 0.787. The van der Waals surface area contributed by atoms with Crippen LogP contribution >= 0.6 is 11.3 Å². The summed E-state index contributed by atoms with van der Waals surface area (Å²) in [7, 11) is 2.11. The largest absolute Gasteiger partial charge is 0.477 e. The molecule has 1 aromatic heterocycles. The van der Waals surface area contributed by atoms with E-state index in [0.717, 1.165) is 19.1 Å². The first-order chi connectivity index (χ1) is 7.66. The third-order valence-corrected chi connectivity index (χ3v) is 3.57. The molecule has 0 spiro atoms. The molecule has 16 heavy (non-hydrogen) atoms. The number of nitrogens with one attached hydrogen (secondary N) is 1. The number of aromatic nitrogens is 1. The molecule has 0 amide bonds. The van der Waals surface area contributed by atoms with E-state index in [9.17, 15) is 4.79 Å². The minimum atomic E-state index is -0.916. The summed E-state index contributed by atoms with van der Waals surface area (Å²) in [6, 6.07) is 0.757. The summed E-state index contributed by atoms with van der Waals surface area (Å²) in [5, 5.41) is 12.5. The molecule has 0 saturated heterocycles. The van der Waals surface area contributed by atoms with Crippen LogP contribution in [0.5, 0.6) is 0 Å². The first-order valence-corrected chi connectivity index (χ1v) is 6.11. The van der Waals surface area contributed by atoms with Crippen LogP contribution in [-0.2, 0) is 0 Å². The summed E-state index contributed by atoms with van der Waals surface area (Å²) in [6.07, 6.45) is 3.99. The molecule has 2 rings (SSSR count). The smallest absolute Gasteiger partial charge is 0.347 e. The van der Waals surface area contributed by atoms with Gasteiger partial charge in [-0.1, -0.05) is 11.3 Å². The topological polar surface area (TPSA) is 65.5 Å². The van der Waals surface area contributed by atoms with Crippen molar-refractivity contribution in [2.75, 3.05) is 25.5 Å². The van der Waals surface area contributed by atoms with Gasteiger partial charge in [0.25, 0.3) is 0 Å². The Bertz CT molecular complexity index is 376. The van der Waals surface area contributed by atoms with E-state index in [1.54, 1.807) is 0 Å². The van der Waals surface area contributed by atoms with Crippen molar-refractivity contribution in [1.82, 2.24) is 9.88 Å². The molecular weight excluding hydrogens is 226 g/mol. The second-order valence-corrected chi connectivity index (χ2v) is 5.00. The zero-order chi connectivity index (χ0) is 11.5. The standard InChI is InChI=1S/C10H15N3O2S/c1-13(7-2-3-7)5-4-11-10-12-6-8(16-10)9(14)15/h6-7H,2-5H2,1H3,(H,11,12)(H,14,15). The van der Waals surface area contributed by atoms with Crippen LogP contribution in [0, 0.1) is 0 Å². The van der Waals surface area contributed by atoms with Crippen LogP contribution in [0.25, 0.3) is 0 Å². The average Bonchev–Trinajstić information content (AvgIpc) is 2.98. The van der Waals surface area contributed by atoms with Crippen molar-refractivity contribution in [2.45, 2.75) is 18.9 Å². The van der Waals surface area contributed by atoms with Crippen molar-refractivity contribution in [3.63, 3.8) is 0 Å². The molecule has 6 heteroatoms. The molecule has 88 valence electrons. The van der Waals surface area contributed by atoms with Gasteiger partial charge in [-0.3, -0.25) is 0 Å². The van der Waals surface area contributed by atoms with Crippen LogP contribution in [0.2, 0.25) is 0 Å². The highest BCUT2D eigenvalue weighted by molar-refractivity contribution is 7.17. The first kappa shape index (κ1) is 11.3. The lowest BCUT2D eigenvalue weighted by Gasteiger charge is -2.15. The fourth-order valence-corrected chi connectivity index (χ4v) is 2.17. The van der Waals surface area contributed by atoms with Gasteiger partial charge in [0.2, 0.25) is 0 Å². The Hall–Kier alpha value is -1.14. The lowest BCUT2D eigenvalue weighted by molar-refractivity contribution is 0.0702. The maximum Gasteiger partial charge on any atom is 0.347 e. The van der Waals surface area contributed by atoms with E-state index in [0.29, 0.717) is 5.13 Å². The molecule has 0 aromatic carbocycles. The third-order valence-electron chi connectivity index (χ3n) is 2.63. The average molecular weight is 241 g/mol. The van der Waals surface area contributed by atoms with Crippen molar-refractivity contribution in [2.24, 2.45) is 0 Å². The Morgan fingerprint density at radius 3 is 3.06 bits per heavy atom. The third kappa shape index (κ3) is 2.93. The van der Waals surface area contributed by atoms with E-state index >= 15 is 0 Å². The van der Waals surface area contributed by atoms with Gasteiger partial charge in [0.1, 0.15) is 4.88 Å². The fraction of sp³-hybridized carbons (Fsp3) is 0.600. The molecule has 0 unspecified atom stereocenters. The Kier molecular flexibility index (Phi) is 3.40. The molecule has 5 nitrogen and oxygen atoms in total. The highest BCUT2D eigenvalue weighted by Crippen LogP contribution is 2.25. The number of nitrogens with zero attached hydrogens (tertiary/aromatic N) is 2. The number of thiazole rings is 1. The van der Waals surface area contributed by atoms with E-state index in [-0.39, 0.29) is 4.88 Å². The van der Waals surface area contributed by atoms with E-state index < -0.39 is 5.97 Å². The van der Waals surface area contributed by atoms with Crippen molar-refractivity contribution < 1.29 is 9.90 Å². The fourth-order valence-electron chi connectivity index (χ4n) is 1.49. The van der Waals surface area contributed by atoms with E-state index in [1.807, 2.05) is 0 Å². The molecular formula is C10H15N3O2S. The van der Waals surface area contributed by atoms with Gasteiger partial charge in [0.15, 0.2) is 5.13 Å². The van der Waals surface area contributed by atoms with Gasteiger partial charge in [-0.25, -0.2) is 9.78 Å². The maximum atomic E-state index is 10.6. The summed E-state index contributed by atoms with van der Waals surface area (Å²) in [6.45, 7) is 1.77. The number of anilines is 1. The number of hydrogen-bond acceptors (Lipinski definition) is 5. The molecule has 0 atom stereocenters. The minimum Gasteiger partial charge on any atom is -0.477 e. The highest BCUT2D eigenvalue weighted by Gasteiger charge is 2.25. The van der Waals surface area contributed by atoms with E-state index in [2.05, 4.69) is 22.2 Å². The SMILES string of the molecule is CN(CCNc1ncc(C(=O)O)s1)C1CC1. The molecule has 0 bridgehead atoms. The number of carbonyl (C=O) groups is 1. The first-order valence-electron chi connectivity index (χ1n) is 5.30. The summed E-state index contributed by atoms with van der Waals surface area (Å²) in [4.78, 5) is 17.2.